The van der Waals surface area contributed by atoms with Crippen molar-refractivity contribution in [3.63, 3.8) is 0 Å². The second-order valence-electron chi connectivity index (χ2n) is 5.00. The largest absolute Gasteiger partial charge is 0.354 e. The Balaban J connectivity index is 2.17. The number of aromatic nitrogens is 1. The number of pyridine rings is 1. The number of nitrogens with zero attached hydrogens (tertiary/aromatic N) is 2. The van der Waals surface area contributed by atoms with E-state index in [1.807, 2.05) is 6.20 Å². The summed E-state index contributed by atoms with van der Waals surface area (Å²) in [4.78, 5) is 7.07. The van der Waals surface area contributed by atoms with Crippen LogP contribution in [0.1, 0.15) is 38.7 Å². The van der Waals surface area contributed by atoms with Gasteiger partial charge in [0.1, 0.15) is 5.82 Å². The van der Waals surface area contributed by atoms with Gasteiger partial charge in [0.15, 0.2) is 0 Å². The normalized spacial score (nSPS) is 19.5. The maximum Gasteiger partial charge on any atom is 0.133 e. The second kappa shape index (κ2) is 6.53. The Hall–Kier alpha value is -0.610. The molecule has 2 heterocycles. The molecule has 1 unspecified atom stereocenters. The summed E-state index contributed by atoms with van der Waals surface area (Å²) in [6.45, 7) is 7.58. The molecule has 0 aliphatic carbocycles. The van der Waals surface area contributed by atoms with Crippen molar-refractivity contribution < 1.29 is 0 Å². The quantitative estimate of drug-likeness (QED) is 0.845. The number of anilines is 1. The zero-order chi connectivity index (χ0) is 13.0. The van der Waals surface area contributed by atoms with Gasteiger partial charge < -0.3 is 10.2 Å². The van der Waals surface area contributed by atoms with Gasteiger partial charge in [-0.05, 0) is 54.7 Å². The van der Waals surface area contributed by atoms with Gasteiger partial charge in [0, 0.05) is 35.4 Å². The van der Waals surface area contributed by atoms with Crippen LogP contribution in [0, 0.1) is 0 Å². The zero-order valence-electron chi connectivity index (χ0n) is 11.2. The highest BCUT2D eigenvalue weighted by Gasteiger charge is 2.23. The molecule has 3 nitrogen and oxygen atoms in total. The monoisotopic (exact) mass is 311 g/mol. The van der Waals surface area contributed by atoms with E-state index in [0.717, 1.165) is 36.3 Å². The van der Waals surface area contributed by atoms with Gasteiger partial charge in [-0.15, -0.1) is 0 Å². The average molecular weight is 312 g/mol. The van der Waals surface area contributed by atoms with Gasteiger partial charge in [-0.25, -0.2) is 4.98 Å². The molecule has 1 N–H and O–H groups in total. The van der Waals surface area contributed by atoms with Gasteiger partial charge in [-0.1, -0.05) is 6.92 Å². The summed E-state index contributed by atoms with van der Waals surface area (Å²) in [6, 6.07) is 2.80. The summed E-state index contributed by atoms with van der Waals surface area (Å²) in [5, 5.41) is 3.47. The van der Waals surface area contributed by atoms with Crippen molar-refractivity contribution in [2.75, 3.05) is 18.0 Å². The first-order chi connectivity index (χ1) is 8.72. The third kappa shape index (κ3) is 3.23. The molecule has 1 aromatic heterocycles. The Morgan fingerprint density at radius 2 is 2.39 bits per heavy atom. The van der Waals surface area contributed by atoms with Crippen molar-refractivity contribution >= 4 is 21.7 Å². The third-order valence-electron chi connectivity index (χ3n) is 3.48. The number of hydrogen-bond acceptors (Lipinski definition) is 3. The van der Waals surface area contributed by atoms with Gasteiger partial charge in [0.25, 0.3) is 0 Å². The van der Waals surface area contributed by atoms with Crippen molar-refractivity contribution in [1.29, 1.82) is 0 Å². The Bertz CT molecular complexity index is 395. The summed E-state index contributed by atoms with van der Waals surface area (Å²) in [6.07, 6.45) is 5.63. The molecule has 0 radical (unpaired) electrons. The topological polar surface area (TPSA) is 28.2 Å². The van der Waals surface area contributed by atoms with E-state index >= 15 is 0 Å². The van der Waals surface area contributed by atoms with Gasteiger partial charge in [0.2, 0.25) is 0 Å². The standard InChI is InChI=1S/C14H22BrN3/c1-3-6-16-9-12-8-13(15)10-17-14(12)18-7-4-5-11(18)2/h8,10-11,16H,3-7,9H2,1-2H3. The molecule has 1 aliphatic heterocycles. The van der Waals surface area contributed by atoms with Crippen LogP contribution in [0.25, 0.3) is 0 Å². The van der Waals surface area contributed by atoms with E-state index in [2.05, 4.69) is 51.0 Å². The fraction of sp³-hybridized carbons (Fsp3) is 0.643. The van der Waals surface area contributed by atoms with Crippen LogP contribution in [0.4, 0.5) is 5.82 Å². The first kappa shape index (κ1) is 13.8. The lowest BCUT2D eigenvalue weighted by Crippen LogP contribution is -2.29. The summed E-state index contributed by atoms with van der Waals surface area (Å²) in [7, 11) is 0. The molecule has 4 heteroatoms. The van der Waals surface area contributed by atoms with Crippen molar-refractivity contribution in [3.8, 4) is 0 Å². The molecule has 1 fully saturated rings. The van der Waals surface area contributed by atoms with Crippen LogP contribution in [-0.4, -0.2) is 24.1 Å². The fourth-order valence-corrected chi connectivity index (χ4v) is 2.89. The molecule has 18 heavy (non-hydrogen) atoms. The summed E-state index contributed by atoms with van der Waals surface area (Å²) in [5.74, 6) is 1.16. The van der Waals surface area contributed by atoms with E-state index in [0.29, 0.717) is 6.04 Å². The Labute approximate surface area is 118 Å². The van der Waals surface area contributed by atoms with Crippen LogP contribution in [0.15, 0.2) is 16.7 Å². The van der Waals surface area contributed by atoms with E-state index in [-0.39, 0.29) is 0 Å². The van der Waals surface area contributed by atoms with Crippen LogP contribution < -0.4 is 10.2 Å². The Kier molecular flexibility index (Phi) is 5.01. The minimum absolute atomic E-state index is 0.614. The van der Waals surface area contributed by atoms with Gasteiger partial charge in [-0.3, -0.25) is 0 Å². The van der Waals surface area contributed by atoms with Crippen LogP contribution in [-0.2, 0) is 6.54 Å². The van der Waals surface area contributed by atoms with E-state index in [1.54, 1.807) is 0 Å². The molecule has 0 spiro atoms. The first-order valence-corrected chi connectivity index (χ1v) is 7.63. The summed E-state index contributed by atoms with van der Waals surface area (Å²) in [5.41, 5.74) is 1.30. The molecule has 1 aliphatic rings. The van der Waals surface area contributed by atoms with Crippen LogP contribution >= 0.6 is 15.9 Å². The predicted molar refractivity (Wildman–Crippen MR) is 80.0 cm³/mol. The highest BCUT2D eigenvalue weighted by atomic mass is 79.9. The summed E-state index contributed by atoms with van der Waals surface area (Å²) < 4.78 is 1.06. The molecular formula is C14H22BrN3. The molecule has 0 aromatic carbocycles. The SMILES string of the molecule is CCCNCc1cc(Br)cnc1N1CCCC1C. The van der Waals surface area contributed by atoms with Crippen LogP contribution in [0.5, 0.6) is 0 Å². The Morgan fingerprint density at radius 3 is 3.06 bits per heavy atom. The Morgan fingerprint density at radius 1 is 1.56 bits per heavy atom. The van der Waals surface area contributed by atoms with E-state index in [4.69, 9.17) is 0 Å². The van der Waals surface area contributed by atoms with Crippen molar-refractivity contribution in [1.82, 2.24) is 10.3 Å². The highest BCUT2D eigenvalue weighted by Crippen LogP contribution is 2.28. The van der Waals surface area contributed by atoms with Gasteiger partial charge in [0.05, 0.1) is 0 Å². The fourth-order valence-electron chi connectivity index (χ4n) is 2.51. The molecule has 0 saturated carbocycles. The maximum absolute atomic E-state index is 4.63. The molecule has 100 valence electrons. The van der Waals surface area contributed by atoms with Crippen LogP contribution in [0.2, 0.25) is 0 Å². The smallest absolute Gasteiger partial charge is 0.133 e. The molecular weight excluding hydrogens is 290 g/mol. The second-order valence-corrected chi connectivity index (χ2v) is 5.91. The number of halogens is 1. The van der Waals surface area contributed by atoms with Gasteiger partial charge in [-0.2, -0.15) is 0 Å². The van der Waals surface area contributed by atoms with Crippen molar-refractivity contribution in [2.24, 2.45) is 0 Å². The molecule has 0 amide bonds. The highest BCUT2D eigenvalue weighted by molar-refractivity contribution is 9.10. The van der Waals surface area contributed by atoms with Gasteiger partial charge >= 0.3 is 0 Å². The lowest BCUT2D eigenvalue weighted by atomic mass is 10.2. The molecule has 1 saturated heterocycles. The van der Waals surface area contributed by atoms with E-state index < -0.39 is 0 Å². The third-order valence-corrected chi connectivity index (χ3v) is 3.91. The zero-order valence-corrected chi connectivity index (χ0v) is 12.8. The van der Waals surface area contributed by atoms with E-state index in [1.165, 1.54) is 18.4 Å². The molecule has 1 atom stereocenters. The summed E-state index contributed by atoms with van der Waals surface area (Å²) >= 11 is 3.52. The van der Waals surface area contributed by atoms with Crippen LogP contribution in [0.3, 0.4) is 0 Å². The number of rotatable bonds is 5. The lowest BCUT2D eigenvalue weighted by Gasteiger charge is -2.25. The average Bonchev–Trinajstić information content (AvgIpc) is 2.76. The molecule has 1 aromatic rings. The minimum Gasteiger partial charge on any atom is -0.354 e. The van der Waals surface area contributed by atoms with Crippen molar-refractivity contribution in [3.05, 3.63) is 22.3 Å². The predicted octanol–water partition coefficient (Wildman–Crippen LogP) is 3.33. The minimum atomic E-state index is 0.614. The number of nitrogens with one attached hydrogen (secondary N) is 1. The van der Waals surface area contributed by atoms with Crippen molar-refractivity contribution in [2.45, 2.75) is 45.7 Å². The lowest BCUT2D eigenvalue weighted by molar-refractivity contribution is 0.665. The first-order valence-electron chi connectivity index (χ1n) is 6.84. The molecule has 2 rings (SSSR count). The maximum atomic E-state index is 4.63. The van der Waals surface area contributed by atoms with E-state index in [9.17, 15) is 0 Å². The molecule has 0 bridgehead atoms. The number of hydrogen-bond donors (Lipinski definition) is 1.